The number of nitro benzene ring substituents is 1. The van der Waals surface area contributed by atoms with E-state index < -0.39 is 4.92 Å². The number of benzene rings is 1. The number of anilines is 1. The number of aryl methyl sites for hydroxylation is 1. The maximum Gasteiger partial charge on any atom is 0.270 e. The minimum Gasteiger partial charge on any atom is -0.386 e. The number of rotatable bonds is 6. The Kier molecular flexibility index (Phi) is 13.6. The molecule has 1 heterocycles. The van der Waals surface area contributed by atoms with Crippen molar-refractivity contribution in [3.05, 3.63) is 64.0 Å². The van der Waals surface area contributed by atoms with Gasteiger partial charge in [-0.3, -0.25) is 19.9 Å². The molecule has 0 aliphatic rings. The molecular formula is C19H26N4O4S. The molecule has 2 rings (SSSR count). The highest BCUT2D eigenvalue weighted by Gasteiger charge is 2.05. The van der Waals surface area contributed by atoms with Gasteiger partial charge < -0.3 is 10.2 Å². The van der Waals surface area contributed by atoms with Crippen molar-refractivity contribution in [3.63, 3.8) is 0 Å². The van der Waals surface area contributed by atoms with Gasteiger partial charge in [-0.25, -0.2) is 0 Å². The lowest BCUT2D eigenvalue weighted by atomic mass is 10.2. The molecule has 1 amide bonds. The molecule has 9 heteroatoms. The van der Waals surface area contributed by atoms with E-state index in [0.717, 1.165) is 11.4 Å². The smallest absolute Gasteiger partial charge is 0.270 e. The first kappa shape index (κ1) is 25.1. The third kappa shape index (κ3) is 10.9. The standard InChI is InChI=1S/C15H14N4O4.C2H6S.C2H6/c1-11-5-6-13(9-16-11)18-15(20)10-23-17-8-12-3-2-4-14(7-12)19(21)22;1-2-3;1-2/h2-9H,10H2,1H3,(H,18,20);3H,2H2,1H3;1-2H3/b17-8+;;. The predicted molar refractivity (Wildman–Crippen MR) is 115 cm³/mol. The number of hydrogen-bond acceptors (Lipinski definition) is 7. The summed E-state index contributed by atoms with van der Waals surface area (Å²) in [4.78, 5) is 30.7. The third-order valence-electron chi connectivity index (χ3n) is 2.75. The van der Waals surface area contributed by atoms with Gasteiger partial charge in [-0.15, -0.1) is 0 Å². The summed E-state index contributed by atoms with van der Waals surface area (Å²) in [5.41, 5.74) is 1.87. The van der Waals surface area contributed by atoms with Crippen molar-refractivity contribution < 1.29 is 14.6 Å². The van der Waals surface area contributed by atoms with E-state index in [-0.39, 0.29) is 18.2 Å². The van der Waals surface area contributed by atoms with Gasteiger partial charge in [0.05, 0.1) is 23.0 Å². The Morgan fingerprint density at radius 3 is 2.61 bits per heavy atom. The van der Waals surface area contributed by atoms with Crippen LogP contribution in [0.15, 0.2) is 47.8 Å². The Hall–Kier alpha value is -2.94. The topological polar surface area (TPSA) is 107 Å². The summed E-state index contributed by atoms with van der Waals surface area (Å²) in [5, 5.41) is 16.9. The van der Waals surface area contributed by atoms with Crippen molar-refractivity contribution in [1.82, 2.24) is 4.98 Å². The zero-order valence-corrected chi connectivity index (χ0v) is 17.3. The average Bonchev–Trinajstić information content (AvgIpc) is 2.69. The van der Waals surface area contributed by atoms with Crippen molar-refractivity contribution >= 4 is 36.1 Å². The summed E-state index contributed by atoms with van der Waals surface area (Å²) < 4.78 is 0. The Bertz CT molecular complexity index is 752. The van der Waals surface area contributed by atoms with Crippen molar-refractivity contribution in [2.75, 3.05) is 17.7 Å². The summed E-state index contributed by atoms with van der Waals surface area (Å²) in [6.45, 7) is 7.56. The second-order valence-corrected chi connectivity index (χ2v) is 5.55. The zero-order valence-electron chi connectivity index (χ0n) is 16.5. The van der Waals surface area contributed by atoms with Crippen LogP contribution in [0.25, 0.3) is 0 Å². The van der Waals surface area contributed by atoms with Gasteiger partial charge in [0.25, 0.3) is 11.6 Å². The highest BCUT2D eigenvalue weighted by atomic mass is 32.1. The number of carbonyl (C=O) groups is 1. The number of hydrogen-bond donors (Lipinski definition) is 2. The summed E-state index contributed by atoms with van der Waals surface area (Å²) in [6.07, 6.45) is 2.84. The van der Waals surface area contributed by atoms with E-state index in [4.69, 9.17) is 4.84 Å². The Morgan fingerprint density at radius 2 is 2.04 bits per heavy atom. The normalized spacial score (nSPS) is 9.46. The van der Waals surface area contributed by atoms with E-state index in [2.05, 4.69) is 28.1 Å². The lowest BCUT2D eigenvalue weighted by Gasteiger charge is -2.03. The summed E-state index contributed by atoms with van der Waals surface area (Å²) >= 11 is 3.79. The number of nitrogens with one attached hydrogen (secondary N) is 1. The largest absolute Gasteiger partial charge is 0.386 e. The Labute approximate surface area is 170 Å². The third-order valence-corrected chi connectivity index (χ3v) is 2.75. The minimum atomic E-state index is -0.499. The molecule has 0 spiro atoms. The van der Waals surface area contributed by atoms with Gasteiger partial charge in [-0.05, 0) is 24.8 Å². The zero-order chi connectivity index (χ0) is 21.4. The number of amides is 1. The lowest BCUT2D eigenvalue weighted by molar-refractivity contribution is -0.384. The summed E-state index contributed by atoms with van der Waals surface area (Å²) in [5.74, 6) is 0.562. The van der Waals surface area contributed by atoms with Crippen LogP contribution in [0.2, 0.25) is 0 Å². The Balaban J connectivity index is 0.00000133. The van der Waals surface area contributed by atoms with E-state index in [1.54, 1.807) is 24.4 Å². The van der Waals surface area contributed by atoms with Gasteiger partial charge in [0, 0.05) is 23.4 Å². The first-order valence-electron chi connectivity index (χ1n) is 8.69. The number of carbonyl (C=O) groups excluding carboxylic acids is 1. The fourth-order valence-corrected chi connectivity index (χ4v) is 1.65. The maximum atomic E-state index is 11.6. The second kappa shape index (κ2) is 15.2. The molecule has 152 valence electrons. The van der Waals surface area contributed by atoms with Crippen LogP contribution >= 0.6 is 12.6 Å². The van der Waals surface area contributed by atoms with Crippen LogP contribution in [-0.4, -0.2) is 34.4 Å². The number of pyridine rings is 1. The van der Waals surface area contributed by atoms with Gasteiger partial charge in [0.15, 0.2) is 6.61 Å². The number of thiol groups is 1. The molecule has 0 saturated heterocycles. The first-order valence-corrected chi connectivity index (χ1v) is 9.32. The molecular weight excluding hydrogens is 380 g/mol. The lowest BCUT2D eigenvalue weighted by Crippen LogP contribution is -2.17. The number of oxime groups is 1. The number of nitro groups is 1. The van der Waals surface area contributed by atoms with E-state index in [1.165, 1.54) is 24.4 Å². The Morgan fingerprint density at radius 1 is 1.36 bits per heavy atom. The quantitative estimate of drug-likeness (QED) is 0.323. The molecule has 2 aromatic rings. The molecule has 0 atom stereocenters. The van der Waals surface area contributed by atoms with E-state index in [0.29, 0.717) is 11.3 Å². The number of nitrogens with zero attached hydrogens (tertiary/aromatic N) is 3. The van der Waals surface area contributed by atoms with Crippen molar-refractivity contribution in [2.45, 2.75) is 27.7 Å². The van der Waals surface area contributed by atoms with Crippen molar-refractivity contribution in [1.29, 1.82) is 0 Å². The molecule has 0 aliphatic heterocycles. The van der Waals surface area contributed by atoms with Crippen LogP contribution in [0.5, 0.6) is 0 Å². The first-order chi connectivity index (χ1) is 13.5. The molecule has 8 nitrogen and oxygen atoms in total. The van der Waals surface area contributed by atoms with Gasteiger partial charge in [0.2, 0.25) is 0 Å². The van der Waals surface area contributed by atoms with E-state index in [9.17, 15) is 14.9 Å². The van der Waals surface area contributed by atoms with Gasteiger partial charge in [-0.1, -0.05) is 38.1 Å². The van der Waals surface area contributed by atoms with Crippen molar-refractivity contribution in [2.24, 2.45) is 5.16 Å². The summed E-state index contributed by atoms with van der Waals surface area (Å²) in [6, 6.07) is 9.41. The van der Waals surface area contributed by atoms with Crippen LogP contribution in [0.1, 0.15) is 32.0 Å². The van der Waals surface area contributed by atoms with Crippen LogP contribution in [0.3, 0.4) is 0 Å². The molecule has 0 radical (unpaired) electrons. The molecule has 1 N–H and O–H groups in total. The van der Waals surface area contributed by atoms with Crippen LogP contribution < -0.4 is 5.32 Å². The molecule has 1 aromatic carbocycles. The average molecular weight is 407 g/mol. The van der Waals surface area contributed by atoms with Crippen molar-refractivity contribution in [3.8, 4) is 0 Å². The SMILES string of the molecule is CC.CCS.Cc1ccc(NC(=O)CO/N=C/c2cccc([N+](=O)[O-])c2)cn1. The predicted octanol–water partition coefficient (Wildman–Crippen LogP) is 4.25. The van der Waals surface area contributed by atoms with Crippen LogP contribution in [0.4, 0.5) is 11.4 Å². The fourth-order valence-electron chi connectivity index (χ4n) is 1.65. The molecule has 0 fully saturated rings. The molecule has 0 bridgehead atoms. The van der Waals surface area contributed by atoms with Crippen LogP contribution in [-0.2, 0) is 9.63 Å². The minimum absolute atomic E-state index is 0.0430. The van der Waals surface area contributed by atoms with Gasteiger partial charge in [-0.2, -0.15) is 12.6 Å². The van der Waals surface area contributed by atoms with E-state index >= 15 is 0 Å². The van der Waals surface area contributed by atoms with E-state index in [1.807, 2.05) is 27.7 Å². The maximum absolute atomic E-state index is 11.6. The highest BCUT2D eigenvalue weighted by molar-refractivity contribution is 7.80. The van der Waals surface area contributed by atoms with Gasteiger partial charge >= 0.3 is 0 Å². The van der Waals surface area contributed by atoms with Gasteiger partial charge in [0.1, 0.15) is 0 Å². The highest BCUT2D eigenvalue weighted by Crippen LogP contribution is 2.11. The molecule has 0 aliphatic carbocycles. The monoisotopic (exact) mass is 406 g/mol. The van der Waals surface area contributed by atoms with Crippen LogP contribution in [0, 0.1) is 17.0 Å². The fraction of sp³-hybridized carbons (Fsp3) is 0.316. The number of aromatic nitrogens is 1. The molecule has 28 heavy (non-hydrogen) atoms. The molecule has 0 saturated carbocycles. The second-order valence-electron chi connectivity index (χ2n) is 4.91. The molecule has 0 unspecified atom stereocenters. The number of non-ortho nitro benzene ring substituents is 1. The summed E-state index contributed by atoms with van der Waals surface area (Å²) in [7, 11) is 0. The molecule has 1 aromatic heterocycles.